The van der Waals surface area contributed by atoms with Crippen molar-refractivity contribution in [2.75, 3.05) is 7.05 Å². The number of rotatable bonds is 5. The zero-order chi connectivity index (χ0) is 20.1. The molecule has 1 aromatic carbocycles. The van der Waals surface area contributed by atoms with Crippen molar-refractivity contribution in [3.63, 3.8) is 0 Å². The van der Waals surface area contributed by atoms with Crippen LogP contribution in [0.4, 0.5) is 0 Å². The summed E-state index contributed by atoms with van der Waals surface area (Å²) in [5.74, 6) is -0.832. The molecule has 0 radical (unpaired) electrons. The number of fused-ring (bicyclic) bond motifs is 6. The number of likely N-dealkylation sites (N-methyl/N-ethyl adjacent to an activating group) is 1. The molecule has 5 heteroatoms. The van der Waals surface area contributed by atoms with Gasteiger partial charge in [-0.05, 0) is 62.2 Å². The lowest BCUT2D eigenvalue weighted by atomic mass is 9.95. The molecule has 2 aliphatic heterocycles. The molecule has 1 N–H and O–H groups in total. The largest absolute Gasteiger partial charge is 0.481 e. The van der Waals surface area contributed by atoms with Gasteiger partial charge in [-0.15, -0.1) is 0 Å². The van der Waals surface area contributed by atoms with Gasteiger partial charge in [0, 0.05) is 60.0 Å². The summed E-state index contributed by atoms with van der Waals surface area (Å²) in [6.07, 6.45) is 7.14. The van der Waals surface area contributed by atoms with E-state index in [1.165, 1.54) is 40.6 Å². The Hall–Kier alpha value is -2.66. The van der Waals surface area contributed by atoms with Crippen LogP contribution in [0, 0.1) is 6.92 Å². The number of aryl methyl sites for hydroxylation is 1. The maximum absolute atomic E-state index is 11.6. The van der Waals surface area contributed by atoms with E-state index in [0.29, 0.717) is 18.6 Å². The molecule has 4 heterocycles. The Labute approximate surface area is 171 Å². The van der Waals surface area contributed by atoms with Crippen LogP contribution in [-0.2, 0) is 17.8 Å². The lowest BCUT2D eigenvalue weighted by Gasteiger charge is -2.33. The number of carbonyl (C=O) groups is 1. The van der Waals surface area contributed by atoms with Crippen molar-refractivity contribution in [2.24, 2.45) is 0 Å². The van der Waals surface area contributed by atoms with E-state index in [4.69, 9.17) is 0 Å². The molecule has 0 saturated carbocycles. The average Bonchev–Trinajstić information content (AvgIpc) is 3.11. The summed E-state index contributed by atoms with van der Waals surface area (Å²) in [4.78, 5) is 18.3. The van der Waals surface area contributed by atoms with E-state index < -0.39 is 5.97 Å². The Balaban J connectivity index is 1.65. The van der Waals surface area contributed by atoms with Crippen LogP contribution in [0.2, 0.25) is 0 Å². The zero-order valence-electron chi connectivity index (χ0n) is 17.0. The second kappa shape index (κ2) is 6.99. The van der Waals surface area contributed by atoms with Crippen molar-refractivity contribution in [3.05, 3.63) is 65.1 Å². The fourth-order valence-electron chi connectivity index (χ4n) is 5.53. The van der Waals surface area contributed by atoms with E-state index in [1.807, 2.05) is 12.1 Å². The molecular weight excluding hydrogens is 362 g/mol. The molecule has 2 bridgehead atoms. The molecule has 0 aliphatic carbocycles. The van der Waals surface area contributed by atoms with Gasteiger partial charge in [0.25, 0.3) is 0 Å². The third-order valence-corrected chi connectivity index (χ3v) is 6.97. The van der Waals surface area contributed by atoms with Gasteiger partial charge in [-0.1, -0.05) is 11.6 Å². The normalized spacial score (nSPS) is 22.0. The van der Waals surface area contributed by atoms with Gasteiger partial charge in [-0.3, -0.25) is 14.7 Å². The first kappa shape index (κ1) is 18.4. The van der Waals surface area contributed by atoms with Crippen LogP contribution < -0.4 is 0 Å². The number of carboxylic acids is 1. The molecule has 5 rings (SSSR count). The maximum atomic E-state index is 11.6. The van der Waals surface area contributed by atoms with Gasteiger partial charge in [0.15, 0.2) is 0 Å². The van der Waals surface area contributed by atoms with Gasteiger partial charge in [-0.2, -0.15) is 0 Å². The van der Waals surface area contributed by atoms with Gasteiger partial charge in [-0.25, -0.2) is 0 Å². The minimum atomic E-state index is -0.757. The molecule has 2 aromatic heterocycles. The molecule has 2 aliphatic rings. The van der Waals surface area contributed by atoms with Crippen LogP contribution in [0.5, 0.6) is 0 Å². The van der Waals surface area contributed by atoms with Crippen molar-refractivity contribution < 1.29 is 9.90 Å². The van der Waals surface area contributed by atoms with Gasteiger partial charge in [0.1, 0.15) is 0 Å². The summed E-state index contributed by atoms with van der Waals surface area (Å²) in [7, 11) is 2.26. The van der Waals surface area contributed by atoms with Gasteiger partial charge < -0.3 is 9.67 Å². The Morgan fingerprint density at radius 3 is 2.79 bits per heavy atom. The summed E-state index contributed by atoms with van der Waals surface area (Å²) in [6.45, 7) is 2.84. The van der Waals surface area contributed by atoms with Gasteiger partial charge in [0.2, 0.25) is 0 Å². The molecule has 3 unspecified atom stereocenters. The summed E-state index contributed by atoms with van der Waals surface area (Å²) in [5, 5.41) is 10.9. The second-order valence-corrected chi connectivity index (χ2v) is 8.68. The lowest BCUT2D eigenvalue weighted by molar-refractivity contribution is -0.137. The average molecular weight is 389 g/mol. The Morgan fingerprint density at radius 1 is 1.24 bits per heavy atom. The van der Waals surface area contributed by atoms with E-state index in [9.17, 15) is 9.90 Å². The summed E-state index contributed by atoms with van der Waals surface area (Å²) < 4.78 is 2.43. The number of carboxylic acid groups (broad SMARTS) is 1. The van der Waals surface area contributed by atoms with Crippen molar-refractivity contribution >= 4 is 16.9 Å². The number of hydrogen-bond donors (Lipinski definition) is 1. The molecule has 0 spiro atoms. The highest BCUT2D eigenvalue weighted by Crippen LogP contribution is 2.47. The summed E-state index contributed by atoms with van der Waals surface area (Å²) >= 11 is 0. The van der Waals surface area contributed by atoms with Crippen molar-refractivity contribution in [2.45, 2.75) is 57.2 Å². The minimum Gasteiger partial charge on any atom is -0.481 e. The molecule has 150 valence electrons. The molecule has 1 saturated heterocycles. The maximum Gasteiger partial charge on any atom is 0.304 e. The molecular formula is C24H27N3O2. The first-order valence-electron chi connectivity index (χ1n) is 10.5. The van der Waals surface area contributed by atoms with Crippen LogP contribution in [0.25, 0.3) is 10.9 Å². The third-order valence-electron chi connectivity index (χ3n) is 6.97. The number of pyridine rings is 1. The molecule has 0 amide bonds. The first-order valence-corrected chi connectivity index (χ1v) is 10.5. The Kier molecular flexibility index (Phi) is 4.43. The number of nitrogens with zero attached hydrogens (tertiary/aromatic N) is 3. The van der Waals surface area contributed by atoms with Crippen LogP contribution in [0.3, 0.4) is 0 Å². The quantitative estimate of drug-likeness (QED) is 0.707. The topological polar surface area (TPSA) is 58.4 Å². The van der Waals surface area contributed by atoms with Crippen LogP contribution >= 0.6 is 0 Å². The fourth-order valence-corrected chi connectivity index (χ4v) is 5.53. The minimum absolute atomic E-state index is 0.0752. The number of hydrogen-bond acceptors (Lipinski definition) is 3. The molecule has 29 heavy (non-hydrogen) atoms. The smallest absolute Gasteiger partial charge is 0.304 e. The highest BCUT2D eigenvalue weighted by molar-refractivity contribution is 5.87. The third kappa shape index (κ3) is 3.04. The molecule has 1 fully saturated rings. The predicted molar refractivity (Wildman–Crippen MR) is 113 cm³/mol. The highest BCUT2D eigenvalue weighted by atomic mass is 16.4. The van der Waals surface area contributed by atoms with Crippen molar-refractivity contribution in [1.82, 2.24) is 14.5 Å². The van der Waals surface area contributed by atoms with Crippen molar-refractivity contribution in [1.29, 1.82) is 0 Å². The van der Waals surface area contributed by atoms with E-state index in [-0.39, 0.29) is 12.3 Å². The van der Waals surface area contributed by atoms with E-state index >= 15 is 0 Å². The molecule has 3 atom stereocenters. The molecule has 5 nitrogen and oxygen atoms in total. The lowest BCUT2D eigenvalue weighted by Crippen LogP contribution is -2.35. The van der Waals surface area contributed by atoms with Crippen LogP contribution in [0.15, 0.2) is 42.7 Å². The van der Waals surface area contributed by atoms with Crippen molar-refractivity contribution in [3.8, 4) is 0 Å². The SMILES string of the molecule is Cc1ccc2c(c1)c1c(n2CC(CC(=O)O)c2ccncc2)CC2CCC1N2C. The highest BCUT2D eigenvalue weighted by Gasteiger charge is 2.41. The van der Waals surface area contributed by atoms with Crippen LogP contribution in [0.1, 0.15) is 53.6 Å². The number of aromatic nitrogens is 2. The Bertz CT molecular complexity index is 1070. The van der Waals surface area contributed by atoms with Gasteiger partial charge >= 0.3 is 5.97 Å². The zero-order valence-corrected chi connectivity index (χ0v) is 17.0. The monoisotopic (exact) mass is 389 g/mol. The van der Waals surface area contributed by atoms with E-state index in [2.05, 4.69) is 46.6 Å². The molecule has 3 aromatic rings. The summed E-state index contributed by atoms with van der Waals surface area (Å²) in [6, 6.07) is 11.7. The Morgan fingerprint density at radius 2 is 2.03 bits per heavy atom. The first-order chi connectivity index (χ1) is 14.0. The summed E-state index contributed by atoms with van der Waals surface area (Å²) in [5.41, 5.74) is 6.45. The fraction of sp³-hybridized carbons (Fsp3) is 0.417. The second-order valence-electron chi connectivity index (χ2n) is 8.68. The number of benzene rings is 1. The van der Waals surface area contributed by atoms with Crippen LogP contribution in [-0.4, -0.2) is 38.6 Å². The van der Waals surface area contributed by atoms with Gasteiger partial charge in [0.05, 0.1) is 6.42 Å². The van der Waals surface area contributed by atoms with E-state index in [0.717, 1.165) is 12.0 Å². The van der Waals surface area contributed by atoms with E-state index in [1.54, 1.807) is 12.4 Å². The predicted octanol–water partition coefficient (Wildman–Crippen LogP) is 4.29. The number of aliphatic carboxylic acids is 1. The standard InChI is InChI=1S/C24H27N3O2/c1-15-3-5-20-19(11-15)24-21-6-4-18(26(21)2)13-22(24)27(20)14-17(12-23(28)29)16-7-9-25-10-8-16/h3,5,7-11,17-18,21H,4,6,12-14H2,1-2H3,(H,28,29).